The van der Waals surface area contributed by atoms with Crippen molar-refractivity contribution < 1.29 is 14.2 Å². The van der Waals surface area contributed by atoms with E-state index in [9.17, 15) is 0 Å². The Kier molecular flexibility index (Phi) is 10.7. The van der Waals surface area contributed by atoms with Gasteiger partial charge in [0, 0.05) is 18.4 Å². The number of halogens is 1. The number of nitrogens with zero attached hydrogens (tertiary/aromatic N) is 1. The van der Waals surface area contributed by atoms with Crippen molar-refractivity contribution in [2.24, 2.45) is 0 Å². The van der Waals surface area contributed by atoms with E-state index in [1.54, 1.807) is 0 Å². The Balaban J connectivity index is 1.25. The van der Waals surface area contributed by atoms with E-state index in [4.69, 9.17) is 14.2 Å². The molecule has 31 heavy (non-hydrogen) atoms. The lowest BCUT2D eigenvalue weighted by Gasteiger charge is -2.18. The van der Waals surface area contributed by atoms with Crippen LogP contribution in [-0.2, 0) is 24.1 Å². The van der Waals surface area contributed by atoms with Crippen molar-refractivity contribution >= 4 is 15.9 Å². The van der Waals surface area contributed by atoms with Crippen molar-refractivity contribution in [3.8, 4) is 11.5 Å². The molecule has 2 aromatic rings. The molecule has 3 rings (SSSR count). The van der Waals surface area contributed by atoms with Crippen molar-refractivity contribution in [3.05, 3.63) is 59.2 Å². The van der Waals surface area contributed by atoms with Crippen LogP contribution in [0.15, 0.2) is 42.5 Å². The average Bonchev–Trinajstić information content (AvgIpc) is 2.80. The minimum absolute atomic E-state index is 0.597. The van der Waals surface area contributed by atoms with Crippen molar-refractivity contribution in [1.82, 2.24) is 4.90 Å². The standard InChI is InChI=1S/C26H36BrNO3/c1-28(21-22-8-11-25(12-9-22)30-16-5-4-14-27)15-17-29-18-19-31-26-13-10-23-6-2-3-7-24(23)20-26/h8-13,20H,2-7,14-19,21H2,1H3. The van der Waals surface area contributed by atoms with Crippen molar-refractivity contribution in [2.45, 2.75) is 45.1 Å². The maximum absolute atomic E-state index is 5.87. The molecule has 0 bridgehead atoms. The van der Waals surface area contributed by atoms with Crippen LogP contribution in [0.1, 0.15) is 42.4 Å². The zero-order valence-corrected chi connectivity index (χ0v) is 20.4. The van der Waals surface area contributed by atoms with Crippen molar-refractivity contribution in [3.63, 3.8) is 0 Å². The molecule has 4 nitrogen and oxygen atoms in total. The van der Waals surface area contributed by atoms with Gasteiger partial charge in [-0.2, -0.15) is 0 Å². The zero-order valence-electron chi connectivity index (χ0n) is 18.8. The van der Waals surface area contributed by atoms with Crippen LogP contribution in [0, 0.1) is 0 Å². The van der Waals surface area contributed by atoms with Gasteiger partial charge in [-0.1, -0.05) is 34.1 Å². The van der Waals surface area contributed by atoms with Gasteiger partial charge in [0.25, 0.3) is 0 Å². The first-order valence-corrected chi connectivity index (χ1v) is 12.7. The summed E-state index contributed by atoms with van der Waals surface area (Å²) >= 11 is 3.44. The van der Waals surface area contributed by atoms with Gasteiger partial charge >= 0.3 is 0 Å². The number of rotatable bonds is 14. The van der Waals surface area contributed by atoms with Crippen LogP contribution < -0.4 is 9.47 Å². The number of fused-ring (bicyclic) bond motifs is 1. The second-order valence-electron chi connectivity index (χ2n) is 8.22. The van der Waals surface area contributed by atoms with Gasteiger partial charge in [-0.3, -0.25) is 4.90 Å². The molecule has 1 aliphatic carbocycles. The van der Waals surface area contributed by atoms with Crippen molar-refractivity contribution in [1.29, 1.82) is 0 Å². The molecule has 0 fully saturated rings. The van der Waals surface area contributed by atoms with Crippen LogP contribution in [0.4, 0.5) is 0 Å². The summed E-state index contributed by atoms with van der Waals surface area (Å²) in [6.45, 7) is 4.49. The van der Waals surface area contributed by atoms with E-state index in [1.165, 1.54) is 42.4 Å². The molecule has 0 heterocycles. The normalized spacial score (nSPS) is 13.3. The van der Waals surface area contributed by atoms with E-state index in [0.717, 1.165) is 49.4 Å². The van der Waals surface area contributed by atoms with Crippen LogP contribution >= 0.6 is 15.9 Å². The molecule has 0 aliphatic heterocycles. The van der Waals surface area contributed by atoms with Gasteiger partial charge in [0.15, 0.2) is 0 Å². The van der Waals surface area contributed by atoms with E-state index in [-0.39, 0.29) is 0 Å². The molecule has 0 atom stereocenters. The molecule has 0 spiro atoms. The quantitative estimate of drug-likeness (QED) is 0.253. The second kappa shape index (κ2) is 13.8. The Labute approximate surface area is 196 Å². The first kappa shape index (κ1) is 24.1. The predicted molar refractivity (Wildman–Crippen MR) is 131 cm³/mol. The number of benzene rings is 2. The topological polar surface area (TPSA) is 30.9 Å². The van der Waals surface area contributed by atoms with Gasteiger partial charge < -0.3 is 14.2 Å². The van der Waals surface area contributed by atoms with E-state index in [2.05, 4.69) is 70.3 Å². The number of aryl methyl sites for hydroxylation is 2. The first-order chi connectivity index (χ1) is 15.2. The summed E-state index contributed by atoms with van der Waals surface area (Å²) in [5.41, 5.74) is 4.23. The highest BCUT2D eigenvalue weighted by Crippen LogP contribution is 2.25. The highest BCUT2D eigenvalue weighted by Gasteiger charge is 2.09. The van der Waals surface area contributed by atoms with Crippen LogP contribution in [0.5, 0.6) is 11.5 Å². The molecule has 5 heteroatoms. The first-order valence-electron chi connectivity index (χ1n) is 11.5. The fourth-order valence-electron chi connectivity index (χ4n) is 3.81. The Hall–Kier alpha value is -1.56. The lowest BCUT2D eigenvalue weighted by molar-refractivity contribution is 0.0836. The molecule has 0 radical (unpaired) electrons. The highest BCUT2D eigenvalue weighted by atomic mass is 79.9. The Morgan fingerprint density at radius 1 is 0.806 bits per heavy atom. The monoisotopic (exact) mass is 489 g/mol. The molecule has 1 aliphatic rings. The lowest BCUT2D eigenvalue weighted by atomic mass is 9.92. The van der Waals surface area contributed by atoms with Gasteiger partial charge in [-0.25, -0.2) is 0 Å². The molecule has 0 unspecified atom stereocenters. The number of hydrogen-bond donors (Lipinski definition) is 0. The number of unbranched alkanes of at least 4 members (excludes halogenated alkanes) is 1. The number of alkyl halides is 1. The fraction of sp³-hybridized carbons (Fsp3) is 0.538. The summed E-state index contributed by atoms with van der Waals surface area (Å²) in [4.78, 5) is 2.27. The highest BCUT2D eigenvalue weighted by molar-refractivity contribution is 9.09. The van der Waals surface area contributed by atoms with E-state index in [1.807, 2.05) is 0 Å². The summed E-state index contributed by atoms with van der Waals surface area (Å²) in [6, 6.07) is 14.9. The van der Waals surface area contributed by atoms with Gasteiger partial charge in [-0.15, -0.1) is 0 Å². The molecular weight excluding hydrogens is 454 g/mol. The van der Waals surface area contributed by atoms with Crippen LogP contribution in [0.2, 0.25) is 0 Å². The van der Waals surface area contributed by atoms with Gasteiger partial charge in [0.2, 0.25) is 0 Å². The minimum Gasteiger partial charge on any atom is -0.494 e. The number of ether oxygens (including phenoxy) is 3. The lowest BCUT2D eigenvalue weighted by Crippen LogP contribution is -2.23. The van der Waals surface area contributed by atoms with E-state index < -0.39 is 0 Å². The maximum Gasteiger partial charge on any atom is 0.119 e. The fourth-order valence-corrected chi connectivity index (χ4v) is 4.21. The Morgan fingerprint density at radius 2 is 1.55 bits per heavy atom. The third-order valence-electron chi connectivity index (χ3n) is 5.61. The molecule has 0 aromatic heterocycles. The predicted octanol–water partition coefficient (Wildman–Crippen LogP) is 5.65. The molecule has 2 aromatic carbocycles. The van der Waals surface area contributed by atoms with Gasteiger partial charge in [-0.05, 0) is 86.5 Å². The smallest absolute Gasteiger partial charge is 0.119 e. The largest absolute Gasteiger partial charge is 0.494 e. The van der Waals surface area contributed by atoms with Crippen LogP contribution in [0.3, 0.4) is 0 Å². The molecule has 0 N–H and O–H groups in total. The van der Waals surface area contributed by atoms with Gasteiger partial charge in [0.1, 0.15) is 18.1 Å². The van der Waals surface area contributed by atoms with Gasteiger partial charge in [0.05, 0.1) is 19.8 Å². The number of likely N-dealkylation sites (N-methyl/N-ethyl adjacent to an activating group) is 1. The molecule has 0 saturated heterocycles. The summed E-state index contributed by atoms with van der Waals surface area (Å²) in [6.07, 6.45) is 7.22. The van der Waals surface area contributed by atoms with E-state index in [0.29, 0.717) is 19.8 Å². The zero-order chi connectivity index (χ0) is 21.7. The molecule has 0 saturated carbocycles. The summed E-state index contributed by atoms with van der Waals surface area (Å²) in [7, 11) is 2.12. The van der Waals surface area contributed by atoms with Crippen LogP contribution in [-0.4, -0.2) is 50.2 Å². The SMILES string of the molecule is CN(CCOCCOc1ccc2c(c1)CCCC2)Cc1ccc(OCCCCBr)cc1. The molecule has 0 amide bonds. The average molecular weight is 490 g/mol. The second-order valence-corrected chi connectivity index (χ2v) is 9.02. The summed E-state index contributed by atoms with van der Waals surface area (Å²) in [5.74, 6) is 1.92. The Morgan fingerprint density at radius 3 is 2.35 bits per heavy atom. The molecular formula is C26H36BrNO3. The molecule has 170 valence electrons. The maximum atomic E-state index is 5.87. The third kappa shape index (κ3) is 8.83. The van der Waals surface area contributed by atoms with Crippen LogP contribution in [0.25, 0.3) is 0 Å². The van der Waals surface area contributed by atoms with E-state index >= 15 is 0 Å². The van der Waals surface area contributed by atoms with Crippen molar-refractivity contribution in [2.75, 3.05) is 45.4 Å². The summed E-state index contributed by atoms with van der Waals surface area (Å²) < 4.78 is 17.4. The minimum atomic E-state index is 0.597. The summed E-state index contributed by atoms with van der Waals surface area (Å²) in [5, 5.41) is 1.03. The number of hydrogen-bond acceptors (Lipinski definition) is 4. The third-order valence-corrected chi connectivity index (χ3v) is 6.17. The Bertz CT molecular complexity index is 766.